The highest BCUT2D eigenvalue weighted by atomic mass is 19.4. The number of nitrogens with one attached hydrogen (secondary N) is 4. The number of rotatable bonds is 4. The molecule has 1 aliphatic heterocycles. The number of fused-ring (bicyclic) bond motifs is 1. The Morgan fingerprint density at radius 2 is 1.82 bits per heavy atom. The second-order valence-corrected chi connectivity index (χ2v) is 8.69. The summed E-state index contributed by atoms with van der Waals surface area (Å²) in [6.45, 7) is 3.01. The first kappa shape index (κ1) is 25.2. The van der Waals surface area contributed by atoms with Crippen molar-refractivity contribution in [2.45, 2.75) is 12.7 Å². The molecule has 0 aliphatic carbocycles. The Kier molecular flexibility index (Phi) is 7.21. The average Bonchev–Trinajstić information content (AvgIpc) is 3.37. The first-order valence-corrected chi connectivity index (χ1v) is 11.8. The maximum atomic E-state index is 13.8. The molecule has 0 bridgehead atoms. The summed E-state index contributed by atoms with van der Waals surface area (Å²) in [7, 11) is 0. The number of hydrogen-bond acceptors (Lipinski definition) is 6. The number of urea groups is 1. The van der Waals surface area contributed by atoms with E-state index in [1.54, 1.807) is 24.5 Å². The number of pyridine rings is 2. The monoisotopic (exact) mass is 520 g/mol. The van der Waals surface area contributed by atoms with E-state index in [0.29, 0.717) is 29.9 Å². The number of anilines is 2. The molecule has 0 saturated carbocycles. The largest absolute Gasteiger partial charge is 0.416 e. The summed E-state index contributed by atoms with van der Waals surface area (Å²) >= 11 is 0. The second-order valence-electron chi connectivity index (χ2n) is 8.69. The molecule has 2 amide bonds. The van der Waals surface area contributed by atoms with Gasteiger partial charge in [0.25, 0.3) is 0 Å². The molecule has 1 aromatic carbocycles. The van der Waals surface area contributed by atoms with Gasteiger partial charge in [0.15, 0.2) is 5.65 Å². The lowest BCUT2D eigenvalue weighted by molar-refractivity contribution is -0.138. The molecule has 12 heteroatoms. The zero-order valence-electron chi connectivity index (χ0n) is 20.1. The van der Waals surface area contributed by atoms with Crippen molar-refractivity contribution in [2.75, 3.05) is 36.8 Å². The van der Waals surface area contributed by atoms with Crippen LogP contribution in [0.5, 0.6) is 0 Å². The number of hydrogen-bond donors (Lipinski definition) is 4. The van der Waals surface area contributed by atoms with Gasteiger partial charge < -0.3 is 10.6 Å². The molecule has 1 saturated heterocycles. The highest BCUT2D eigenvalue weighted by Gasteiger charge is 2.34. The molecular formula is C26H23F3N8O. The summed E-state index contributed by atoms with van der Waals surface area (Å²) in [6, 6.07) is 8.19. The molecule has 4 aromatic rings. The highest BCUT2D eigenvalue weighted by Crippen LogP contribution is 2.34. The van der Waals surface area contributed by atoms with E-state index >= 15 is 0 Å². The Morgan fingerprint density at radius 3 is 2.63 bits per heavy atom. The number of aromatic nitrogens is 4. The van der Waals surface area contributed by atoms with Crippen molar-refractivity contribution in [3.05, 3.63) is 77.2 Å². The molecule has 0 radical (unpaired) electrons. The Balaban J connectivity index is 1.26. The van der Waals surface area contributed by atoms with Gasteiger partial charge in [-0.3, -0.25) is 15.3 Å². The molecule has 4 N–H and O–H groups in total. The van der Waals surface area contributed by atoms with Crippen molar-refractivity contribution in [1.82, 2.24) is 30.4 Å². The van der Waals surface area contributed by atoms with Crippen molar-refractivity contribution in [1.29, 1.82) is 0 Å². The molecule has 1 fully saturated rings. The number of alkyl halides is 3. The maximum absolute atomic E-state index is 13.8. The molecule has 3 aromatic heterocycles. The Morgan fingerprint density at radius 1 is 1.00 bits per heavy atom. The maximum Gasteiger partial charge on any atom is 0.416 e. The topological polar surface area (TPSA) is 111 Å². The summed E-state index contributed by atoms with van der Waals surface area (Å²) in [4.78, 5) is 22.8. The van der Waals surface area contributed by atoms with Gasteiger partial charge in [-0.05, 0) is 35.9 Å². The van der Waals surface area contributed by atoms with Gasteiger partial charge in [0.05, 0.1) is 11.8 Å². The van der Waals surface area contributed by atoms with Crippen LogP contribution < -0.4 is 16.0 Å². The molecule has 4 heterocycles. The summed E-state index contributed by atoms with van der Waals surface area (Å²) in [5.74, 6) is 6.17. The number of carbonyl (C=O) groups is 1. The predicted octanol–water partition coefficient (Wildman–Crippen LogP) is 3.82. The van der Waals surface area contributed by atoms with Crippen molar-refractivity contribution in [2.24, 2.45) is 0 Å². The van der Waals surface area contributed by atoms with Crippen LogP contribution in [-0.4, -0.2) is 57.3 Å². The number of piperazine rings is 1. The van der Waals surface area contributed by atoms with E-state index in [1.165, 1.54) is 18.3 Å². The molecule has 194 valence electrons. The number of amides is 2. The molecule has 1 aliphatic rings. The van der Waals surface area contributed by atoms with Gasteiger partial charge in [0.1, 0.15) is 5.82 Å². The van der Waals surface area contributed by atoms with Gasteiger partial charge in [-0.25, -0.2) is 14.8 Å². The molecule has 0 unspecified atom stereocenters. The number of H-pyrrole nitrogens is 1. The van der Waals surface area contributed by atoms with Crippen molar-refractivity contribution in [3.63, 3.8) is 0 Å². The van der Waals surface area contributed by atoms with Gasteiger partial charge in [-0.15, -0.1) is 0 Å². The van der Waals surface area contributed by atoms with Crippen LogP contribution in [0.3, 0.4) is 0 Å². The number of benzene rings is 1. The Labute approximate surface area is 215 Å². The van der Waals surface area contributed by atoms with Crippen LogP contribution in [-0.2, 0) is 12.7 Å². The third-order valence-electron chi connectivity index (χ3n) is 5.92. The average molecular weight is 521 g/mol. The van der Waals surface area contributed by atoms with Gasteiger partial charge >= 0.3 is 12.2 Å². The second kappa shape index (κ2) is 10.9. The van der Waals surface area contributed by atoms with E-state index in [0.717, 1.165) is 24.5 Å². The molecule has 0 atom stereocenters. The first-order valence-electron chi connectivity index (χ1n) is 11.8. The van der Waals surface area contributed by atoms with Gasteiger partial charge in [0, 0.05) is 67.3 Å². The lowest BCUT2D eigenvalue weighted by Gasteiger charge is -2.28. The normalized spacial score (nSPS) is 14.1. The van der Waals surface area contributed by atoms with E-state index in [1.807, 2.05) is 11.0 Å². The summed E-state index contributed by atoms with van der Waals surface area (Å²) in [5.41, 5.74) is 1.35. The minimum Gasteiger partial charge on any atom is -0.314 e. The summed E-state index contributed by atoms with van der Waals surface area (Å²) in [6.07, 6.45) is 0.192. The minimum atomic E-state index is -4.55. The van der Waals surface area contributed by atoms with Crippen LogP contribution in [0.15, 0.2) is 55.0 Å². The van der Waals surface area contributed by atoms with Gasteiger partial charge in [-0.2, -0.15) is 18.3 Å². The van der Waals surface area contributed by atoms with Crippen LogP contribution in [0.25, 0.3) is 11.0 Å². The number of nitrogens with zero attached hydrogens (tertiary/aromatic N) is 4. The fraction of sp³-hybridized carbons (Fsp3) is 0.231. The lowest BCUT2D eigenvalue weighted by atomic mass is 10.0. The standard InChI is InChI=1S/C26H23F3N8O/c27-26(28,29)22-13-21(4-3-19(22)16-37-9-7-30-8-10-37)34-25(38)35-23-12-17(5-6-31-23)1-2-18-11-20-15-33-36-24(20)32-14-18/h3-6,11-15,30H,7-10,16H2,(H,32,33,36)(H2,31,34,35,38). The molecule has 38 heavy (non-hydrogen) atoms. The SMILES string of the molecule is O=C(Nc1ccc(CN2CCNCC2)c(C(F)(F)F)c1)Nc1cc(C#Cc2cnc3[nH]ncc3c2)ccn1. The number of halogens is 3. The zero-order chi connectivity index (χ0) is 26.5. The fourth-order valence-electron chi connectivity index (χ4n) is 4.07. The van der Waals surface area contributed by atoms with Crippen LogP contribution >= 0.6 is 0 Å². The molecule has 0 spiro atoms. The van der Waals surface area contributed by atoms with E-state index in [9.17, 15) is 18.0 Å². The Bertz CT molecular complexity index is 1520. The van der Waals surface area contributed by atoms with E-state index in [-0.39, 0.29) is 23.6 Å². The van der Waals surface area contributed by atoms with E-state index in [2.05, 4.69) is 48.0 Å². The molecule has 5 rings (SSSR count). The Hall–Kier alpha value is -4.47. The third-order valence-corrected chi connectivity index (χ3v) is 5.92. The van der Waals surface area contributed by atoms with Gasteiger partial charge in [-0.1, -0.05) is 17.9 Å². The van der Waals surface area contributed by atoms with Crippen molar-refractivity contribution in [3.8, 4) is 11.8 Å². The highest BCUT2D eigenvalue weighted by molar-refractivity contribution is 5.99. The summed E-state index contributed by atoms with van der Waals surface area (Å²) in [5, 5.41) is 15.7. The fourth-order valence-corrected chi connectivity index (χ4v) is 4.07. The van der Waals surface area contributed by atoms with Crippen LogP contribution in [0, 0.1) is 11.8 Å². The van der Waals surface area contributed by atoms with Gasteiger partial charge in [0.2, 0.25) is 0 Å². The molecular weight excluding hydrogens is 497 g/mol. The first-order chi connectivity index (χ1) is 18.3. The van der Waals surface area contributed by atoms with E-state index in [4.69, 9.17) is 0 Å². The third kappa shape index (κ3) is 6.26. The predicted molar refractivity (Wildman–Crippen MR) is 136 cm³/mol. The lowest BCUT2D eigenvalue weighted by Crippen LogP contribution is -2.43. The van der Waals surface area contributed by atoms with E-state index < -0.39 is 17.8 Å². The van der Waals surface area contributed by atoms with Crippen LogP contribution in [0.4, 0.5) is 29.5 Å². The summed E-state index contributed by atoms with van der Waals surface area (Å²) < 4.78 is 41.3. The minimum absolute atomic E-state index is 0.0250. The number of carbonyl (C=O) groups excluding carboxylic acids is 1. The van der Waals surface area contributed by atoms with Crippen LogP contribution in [0.1, 0.15) is 22.3 Å². The quantitative estimate of drug-likeness (QED) is 0.305. The number of aromatic amines is 1. The van der Waals surface area contributed by atoms with Crippen molar-refractivity contribution < 1.29 is 18.0 Å². The van der Waals surface area contributed by atoms with Crippen LogP contribution in [0.2, 0.25) is 0 Å². The van der Waals surface area contributed by atoms with Crippen molar-refractivity contribution >= 4 is 28.6 Å². The molecule has 9 nitrogen and oxygen atoms in total. The smallest absolute Gasteiger partial charge is 0.314 e. The zero-order valence-corrected chi connectivity index (χ0v) is 20.1.